The molecule has 0 aromatic heterocycles. The summed E-state index contributed by atoms with van der Waals surface area (Å²) in [4.78, 5) is 0. The van der Waals surface area contributed by atoms with Crippen molar-refractivity contribution < 1.29 is 4.74 Å². The van der Waals surface area contributed by atoms with E-state index in [1.54, 1.807) is 7.11 Å². The van der Waals surface area contributed by atoms with E-state index in [0.717, 1.165) is 17.0 Å². The fourth-order valence-electron chi connectivity index (χ4n) is 2.23. The largest absolute Gasteiger partial charge is 0.496 e. The Morgan fingerprint density at radius 2 is 1.94 bits per heavy atom. The second kappa shape index (κ2) is 4.64. The minimum Gasteiger partial charge on any atom is -0.496 e. The van der Waals surface area contributed by atoms with Crippen LogP contribution in [0.15, 0.2) is 12.1 Å². The standard InChI is InChI=1S/C15H21BrO/c1-15(2,3)12-7-11(9-16)14(10-5-6-10)13(8-12)17-4/h7-8,10H,5-6,9H2,1-4H3. The van der Waals surface area contributed by atoms with Crippen LogP contribution in [0.1, 0.15) is 56.2 Å². The number of hydrogen-bond donors (Lipinski definition) is 0. The van der Waals surface area contributed by atoms with Crippen LogP contribution in [-0.2, 0) is 10.7 Å². The first-order valence-electron chi connectivity index (χ1n) is 6.24. The lowest BCUT2D eigenvalue weighted by molar-refractivity contribution is 0.407. The van der Waals surface area contributed by atoms with Crippen molar-refractivity contribution in [2.24, 2.45) is 0 Å². The monoisotopic (exact) mass is 296 g/mol. The highest BCUT2D eigenvalue weighted by atomic mass is 79.9. The van der Waals surface area contributed by atoms with Gasteiger partial charge in [0, 0.05) is 10.9 Å². The summed E-state index contributed by atoms with van der Waals surface area (Å²) >= 11 is 3.61. The molecule has 0 aliphatic heterocycles. The Labute approximate surface area is 113 Å². The van der Waals surface area contributed by atoms with Gasteiger partial charge >= 0.3 is 0 Å². The summed E-state index contributed by atoms with van der Waals surface area (Å²) in [5.74, 6) is 1.81. The molecule has 0 heterocycles. The van der Waals surface area contributed by atoms with Crippen LogP contribution in [0, 0.1) is 0 Å². The third-order valence-electron chi connectivity index (χ3n) is 3.44. The zero-order valence-corrected chi connectivity index (χ0v) is 12.7. The van der Waals surface area contributed by atoms with E-state index in [2.05, 4.69) is 48.8 Å². The van der Waals surface area contributed by atoms with Crippen molar-refractivity contribution >= 4 is 15.9 Å². The molecular formula is C15H21BrO. The van der Waals surface area contributed by atoms with Crippen molar-refractivity contribution in [1.82, 2.24) is 0 Å². The first-order valence-corrected chi connectivity index (χ1v) is 7.36. The summed E-state index contributed by atoms with van der Waals surface area (Å²) in [6.45, 7) is 6.74. The summed E-state index contributed by atoms with van der Waals surface area (Å²) in [6, 6.07) is 4.56. The van der Waals surface area contributed by atoms with Crippen LogP contribution in [0.2, 0.25) is 0 Å². The van der Waals surface area contributed by atoms with E-state index in [1.165, 1.54) is 29.5 Å². The first-order chi connectivity index (χ1) is 7.97. The van der Waals surface area contributed by atoms with Crippen molar-refractivity contribution in [2.45, 2.75) is 50.3 Å². The maximum atomic E-state index is 5.60. The Bertz CT molecular complexity index is 388. The van der Waals surface area contributed by atoms with Gasteiger partial charge in [-0.15, -0.1) is 0 Å². The minimum absolute atomic E-state index is 0.173. The number of benzene rings is 1. The number of hydrogen-bond acceptors (Lipinski definition) is 1. The first kappa shape index (κ1) is 12.9. The number of rotatable bonds is 3. The van der Waals surface area contributed by atoms with Crippen LogP contribution in [-0.4, -0.2) is 7.11 Å². The smallest absolute Gasteiger partial charge is 0.122 e. The van der Waals surface area contributed by atoms with Crippen molar-refractivity contribution in [3.63, 3.8) is 0 Å². The minimum atomic E-state index is 0.173. The molecule has 1 aliphatic carbocycles. The number of methoxy groups -OCH3 is 1. The highest BCUT2D eigenvalue weighted by Gasteiger charge is 2.30. The van der Waals surface area contributed by atoms with E-state index in [4.69, 9.17) is 4.74 Å². The molecule has 1 aromatic carbocycles. The van der Waals surface area contributed by atoms with Crippen LogP contribution in [0.3, 0.4) is 0 Å². The maximum Gasteiger partial charge on any atom is 0.122 e. The topological polar surface area (TPSA) is 9.23 Å². The molecule has 0 unspecified atom stereocenters. The average Bonchev–Trinajstić information content (AvgIpc) is 3.09. The molecule has 0 amide bonds. The summed E-state index contributed by atoms with van der Waals surface area (Å²) in [5, 5.41) is 0.916. The molecule has 0 bridgehead atoms. The molecule has 0 saturated heterocycles. The van der Waals surface area contributed by atoms with Gasteiger partial charge in [-0.05, 0) is 41.4 Å². The molecule has 17 heavy (non-hydrogen) atoms. The van der Waals surface area contributed by atoms with Gasteiger partial charge in [0.15, 0.2) is 0 Å². The zero-order valence-electron chi connectivity index (χ0n) is 11.1. The second-order valence-electron chi connectivity index (χ2n) is 5.91. The molecule has 0 N–H and O–H groups in total. The fraction of sp³-hybridized carbons (Fsp3) is 0.600. The SMILES string of the molecule is COc1cc(C(C)(C)C)cc(CBr)c1C1CC1. The zero-order chi connectivity index (χ0) is 12.6. The number of ether oxygens (including phenoxy) is 1. The van der Waals surface area contributed by atoms with Crippen molar-refractivity contribution in [1.29, 1.82) is 0 Å². The van der Waals surface area contributed by atoms with E-state index in [-0.39, 0.29) is 5.41 Å². The highest BCUT2D eigenvalue weighted by Crippen LogP contribution is 2.47. The van der Waals surface area contributed by atoms with Gasteiger partial charge in [-0.3, -0.25) is 0 Å². The molecule has 2 heteroatoms. The van der Waals surface area contributed by atoms with Gasteiger partial charge in [0.25, 0.3) is 0 Å². The average molecular weight is 297 g/mol. The van der Waals surface area contributed by atoms with Crippen LogP contribution >= 0.6 is 15.9 Å². The van der Waals surface area contributed by atoms with Crippen LogP contribution in [0.25, 0.3) is 0 Å². The third-order valence-corrected chi connectivity index (χ3v) is 4.05. The lowest BCUT2D eigenvalue weighted by Crippen LogP contribution is -2.12. The molecule has 94 valence electrons. The third kappa shape index (κ3) is 2.67. The Balaban J connectivity index is 2.54. The van der Waals surface area contributed by atoms with E-state index >= 15 is 0 Å². The summed E-state index contributed by atoms with van der Waals surface area (Å²) in [6.07, 6.45) is 2.62. The van der Waals surface area contributed by atoms with Crippen LogP contribution in [0.5, 0.6) is 5.75 Å². The number of halogens is 1. The van der Waals surface area contributed by atoms with Crippen molar-refractivity contribution in [3.8, 4) is 5.75 Å². The van der Waals surface area contributed by atoms with Gasteiger partial charge in [0.05, 0.1) is 7.11 Å². The molecule has 1 saturated carbocycles. The summed E-state index contributed by atoms with van der Waals surface area (Å²) in [5.41, 5.74) is 4.36. The van der Waals surface area contributed by atoms with Gasteiger partial charge < -0.3 is 4.74 Å². The lowest BCUT2D eigenvalue weighted by atomic mass is 9.84. The quantitative estimate of drug-likeness (QED) is 0.731. The van der Waals surface area contributed by atoms with Crippen molar-refractivity contribution in [3.05, 3.63) is 28.8 Å². The molecule has 0 radical (unpaired) electrons. The molecule has 1 fully saturated rings. The normalized spacial score (nSPS) is 16.1. The summed E-state index contributed by atoms with van der Waals surface area (Å²) in [7, 11) is 1.78. The van der Waals surface area contributed by atoms with E-state index in [9.17, 15) is 0 Å². The molecule has 1 aromatic rings. The van der Waals surface area contributed by atoms with Crippen LogP contribution in [0.4, 0.5) is 0 Å². The van der Waals surface area contributed by atoms with Crippen molar-refractivity contribution in [2.75, 3.05) is 7.11 Å². The van der Waals surface area contributed by atoms with E-state index < -0.39 is 0 Å². The highest BCUT2D eigenvalue weighted by molar-refractivity contribution is 9.08. The Kier molecular flexibility index (Phi) is 3.53. The Morgan fingerprint density at radius 3 is 2.35 bits per heavy atom. The molecule has 1 aliphatic rings. The van der Waals surface area contributed by atoms with E-state index in [0.29, 0.717) is 0 Å². The lowest BCUT2D eigenvalue weighted by Gasteiger charge is -2.23. The predicted octanol–water partition coefficient (Wildman–Crippen LogP) is 4.77. The van der Waals surface area contributed by atoms with Gasteiger partial charge in [0.1, 0.15) is 5.75 Å². The maximum absolute atomic E-state index is 5.60. The van der Waals surface area contributed by atoms with Gasteiger partial charge in [-0.25, -0.2) is 0 Å². The molecule has 1 nitrogen and oxygen atoms in total. The number of alkyl halides is 1. The molecule has 0 atom stereocenters. The van der Waals surface area contributed by atoms with E-state index in [1.807, 2.05) is 0 Å². The molecule has 0 spiro atoms. The second-order valence-corrected chi connectivity index (χ2v) is 6.47. The van der Waals surface area contributed by atoms with Crippen LogP contribution < -0.4 is 4.74 Å². The Hall–Kier alpha value is -0.500. The van der Waals surface area contributed by atoms with Gasteiger partial charge in [-0.2, -0.15) is 0 Å². The van der Waals surface area contributed by atoms with Gasteiger partial charge in [0.2, 0.25) is 0 Å². The molecule has 2 rings (SSSR count). The predicted molar refractivity (Wildman–Crippen MR) is 76.3 cm³/mol. The fourth-order valence-corrected chi connectivity index (χ4v) is 2.70. The molecular weight excluding hydrogens is 276 g/mol. The van der Waals surface area contributed by atoms with Gasteiger partial charge in [-0.1, -0.05) is 42.8 Å². The Morgan fingerprint density at radius 1 is 1.29 bits per heavy atom. The summed E-state index contributed by atoms with van der Waals surface area (Å²) < 4.78 is 5.60.